The van der Waals surface area contributed by atoms with Gasteiger partial charge in [0.2, 0.25) is 0 Å². The molecule has 0 amide bonds. The molecule has 0 fully saturated rings. The molecule has 2 aromatic rings. The third-order valence-electron chi connectivity index (χ3n) is 2.24. The number of aromatic nitrogens is 2. The molecule has 8 nitrogen and oxygen atoms in total. The van der Waals surface area contributed by atoms with E-state index in [1.54, 1.807) is 0 Å². The van der Waals surface area contributed by atoms with Gasteiger partial charge < -0.3 is 0 Å². The zero-order valence-electron chi connectivity index (χ0n) is 9.49. The Morgan fingerprint density at radius 2 is 1.15 bits per heavy atom. The lowest BCUT2D eigenvalue weighted by atomic mass is 10.2. The fourth-order valence-corrected chi connectivity index (χ4v) is 2.29. The number of pyridine rings is 2. The molecule has 0 N–H and O–H groups in total. The van der Waals surface area contributed by atoms with Crippen LogP contribution in [-0.2, 0) is 0 Å². The summed E-state index contributed by atoms with van der Waals surface area (Å²) in [6.07, 6.45) is 0. The first-order valence-electron chi connectivity index (χ1n) is 5.01. The summed E-state index contributed by atoms with van der Waals surface area (Å²) in [6.45, 7) is 0. The van der Waals surface area contributed by atoms with E-state index in [0.29, 0.717) is 0 Å². The SMILES string of the molecule is O=[N+]([O-])c1cc(Br)nc(-c2cc([N+](=O)[O-])cc(Br)n2)c1. The van der Waals surface area contributed by atoms with Crippen molar-refractivity contribution in [3.8, 4) is 11.4 Å². The van der Waals surface area contributed by atoms with E-state index < -0.39 is 9.85 Å². The maximum absolute atomic E-state index is 10.8. The van der Waals surface area contributed by atoms with Gasteiger partial charge in [-0.3, -0.25) is 20.2 Å². The van der Waals surface area contributed by atoms with Crippen molar-refractivity contribution >= 4 is 43.2 Å². The molecule has 0 aromatic carbocycles. The van der Waals surface area contributed by atoms with Crippen LogP contribution in [0.25, 0.3) is 11.4 Å². The Hall–Kier alpha value is -1.94. The largest absolute Gasteiger partial charge is 0.274 e. The van der Waals surface area contributed by atoms with Crippen molar-refractivity contribution in [2.45, 2.75) is 0 Å². The van der Waals surface area contributed by atoms with E-state index in [0.717, 1.165) is 0 Å². The lowest BCUT2D eigenvalue weighted by molar-refractivity contribution is -0.385. The molecule has 2 rings (SSSR count). The first-order valence-corrected chi connectivity index (χ1v) is 6.60. The van der Waals surface area contributed by atoms with E-state index in [-0.39, 0.29) is 32.0 Å². The van der Waals surface area contributed by atoms with Crippen LogP contribution in [0.2, 0.25) is 0 Å². The van der Waals surface area contributed by atoms with E-state index in [4.69, 9.17) is 0 Å². The molecule has 2 aromatic heterocycles. The Morgan fingerprint density at radius 1 is 0.800 bits per heavy atom. The van der Waals surface area contributed by atoms with Crippen LogP contribution in [0.4, 0.5) is 11.4 Å². The van der Waals surface area contributed by atoms with Gasteiger partial charge in [0, 0.05) is 24.3 Å². The second kappa shape index (κ2) is 5.59. The number of hydrogen-bond acceptors (Lipinski definition) is 6. The molecule has 20 heavy (non-hydrogen) atoms. The Bertz CT molecular complexity index is 661. The van der Waals surface area contributed by atoms with Crippen LogP contribution >= 0.6 is 31.9 Å². The molecule has 2 heterocycles. The third-order valence-corrected chi connectivity index (χ3v) is 3.05. The Kier molecular flexibility index (Phi) is 4.04. The van der Waals surface area contributed by atoms with Gasteiger partial charge in [-0.2, -0.15) is 0 Å². The van der Waals surface area contributed by atoms with Crippen LogP contribution in [0.1, 0.15) is 0 Å². The minimum absolute atomic E-state index is 0.162. The Labute approximate surface area is 128 Å². The van der Waals surface area contributed by atoms with Gasteiger partial charge in [0.15, 0.2) is 0 Å². The average molecular weight is 404 g/mol. The van der Waals surface area contributed by atoms with E-state index >= 15 is 0 Å². The number of nitro groups is 2. The van der Waals surface area contributed by atoms with Gasteiger partial charge in [-0.1, -0.05) is 0 Å². The van der Waals surface area contributed by atoms with Gasteiger partial charge >= 0.3 is 0 Å². The molecule has 102 valence electrons. The van der Waals surface area contributed by atoms with Crippen molar-refractivity contribution in [1.82, 2.24) is 9.97 Å². The zero-order valence-corrected chi connectivity index (χ0v) is 12.7. The van der Waals surface area contributed by atoms with Gasteiger partial charge in [-0.25, -0.2) is 9.97 Å². The molecule has 0 aliphatic heterocycles. The van der Waals surface area contributed by atoms with Crippen LogP contribution in [0.15, 0.2) is 33.5 Å². The van der Waals surface area contributed by atoms with Crippen LogP contribution in [0.3, 0.4) is 0 Å². The summed E-state index contributed by atoms with van der Waals surface area (Å²) < 4.78 is 0.484. The van der Waals surface area contributed by atoms with Crippen molar-refractivity contribution in [3.05, 3.63) is 53.7 Å². The molecule has 0 saturated heterocycles. The van der Waals surface area contributed by atoms with Crippen molar-refractivity contribution < 1.29 is 9.85 Å². The maximum Gasteiger partial charge on any atom is 0.274 e. The van der Waals surface area contributed by atoms with Crippen LogP contribution in [-0.4, -0.2) is 19.8 Å². The highest BCUT2D eigenvalue weighted by Crippen LogP contribution is 2.28. The Morgan fingerprint density at radius 3 is 1.45 bits per heavy atom. The fourth-order valence-electron chi connectivity index (χ4n) is 1.44. The zero-order chi connectivity index (χ0) is 14.9. The van der Waals surface area contributed by atoms with E-state index in [2.05, 4.69) is 41.8 Å². The molecule has 0 aliphatic rings. The summed E-state index contributed by atoms with van der Waals surface area (Å²) in [6, 6.07) is 4.86. The minimum Gasteiger partial charge on any atom is -0.258 e. The van der Waals surface area contributed by atoms with Crippen LogP contribution in [0, 0.1) is 20.2 Å². The van der Waals surface area contributed by atoms with Crippen molar-refractivity contribution in [1.29, 1.82) is 0 Å². The van der Waals surface area contributed by atoms with E-state index in [1.807, 2.05) is 0 Å². The predicted molar refractivity (Wildman–Crippen MR) is 76.2 cm³/mol. The van der Waals surface area contributed by atoms with Crippen molar-refractivity contribution in [2.24, 2.45) is 0 Å². The second-order valence-corrected chi connectivity index (χ2v) is 5.21. The standard InChI is InChI=1S/C10H4Br2N4O4/c11-9-3-5(15(17)18)1-7(13-9)8-2-6(16(19)20)4-10(12)14-8/h1-4H. The summed E-state index contributed by atoms with van der Waals surface area (Å²) in [5, 5.41) is 21.6. The number of halogens is 2. The van der Waals surface area contributed by atoms with E-state index in [9.17, 15) is 20.2 Å². The smallest absolute Gasteiger partial charge is 0.258 e. The summed E-state index contributed by atoms with van der Waals surface area (Å²) >= 11 is 6.11. The van der Waals surface area contributed by atoms with Gasteiger partial charge in [-0.15, -0.1) is 0 Å². The van der Waals surface area contributed by atoms with Crippen LogP contribution < -0.4 is 0 Å². The topological polar surface area (TPSA) is 112 Å². The molecule has 0 radical (unpaired) electrons. The maximum atomic E-state index is 10.8. The second-order valence-electron chi connectivity index (χ2n) is 3.58. The summed E-state index contributed by atoms with van der Waals surface area (Å²) in [4.78, 5) is 28.5. The molecule has 0 saturated carbocycles. The number of rotatable bonds is 3. The molecule has 0 aliphatic carbocycles. The molecule has 10 heteroatoms. The molecular formula is C10H4Br2N4O4. The van der Waals surface area contributed by atoms with Gasteiger partial charge in [0.25, 0.3) is 11.4 Å². The quantitative estimate of drug-likeness (QED) is 0.440. The highest BCUT2D eigenvalue weighted by Gasteiger charge is 2.16. The molecule has 0 bridgehead atoms. The average Bonchev–Trinajstić information content (AvgIpc) is 2.37. The van der Waals surface area contributed by atoms with Crippen LogP contribution in [0.5, 0.6) is 0 Å². The summed E-state index contributed by atoms with van der Waals surface area (Å²) in [5.41, 5.74) is -0.0523. The summed E-state index contributed by atoms with van der Waals surface area (Å²) in [7, 11) is 0. The minimum atomic E-state index is -0.581. The third kappa shape index (κ3) is 3.14. The molecular weight excluding hydrogens is 400 g/mol. The van der Waals surface area contributed by atoms with E-state index in [1.165, 1.54) is 24.3 Å². The molecule has 0 spiro atoms. The van der Waals surface area contributed by atoms with Gasteiger partial charge in [0.05, 0.1) is 21.2 Å². The predicted octanol–water partition coefficient (Wildman–Crippen LogP) is 3.49. The highest BCUT2D eigenvalue weighted by molar-refractivity contribution is 9.10. The van der Waals surface area contributed by atoms with Crippen molar-refractivity contribution in [3.63, 3.8) is 0 Å². The molecule has 0 unspecified atom stereocenters. The van der Waals surface area contributed by atoms with Gasteiger partial charge in [0.1, 0.15) is 9.21 Å². The lowest BCUT2D eigenvalue weighted by Gasteiger charge is -2.02. The number of nitrogens with zero attached hydrogens (tertiary/aromatic N) is 4. The van der Waals surface area contributed by atoms with Crippen molar-refractivity contribution in [2.75, 3.05) is 0 Å². The number of hydrogen-bond donors (Lipinski definition) is 0. The van der Waals surface area contributed by atoms with Gasteiger partial charge in [-0.05, 0) is 31.9 Å². The molecule has 0 atom stereocenters. The first-order chi connectivity index (χ1) is 9.36. The Balaban J connectivity index is 2.62. The fraction of sp³-hybridized carbons (Fsp3) is 0. The highest BCUT2D eigenvalue weighted by atomic mass is 79.9. The monoisotopic (exact) mass is 402 g/mol. The first kappa shape index (κ1) is 14.5. The lowest BCUT2D eigenvalue weighted by Crippen LogP contribution is -1.96. The summed E-state index contributed by atoms with van der Waals surface area (Å²) in [5.74, 6) is 0. The normalized spacial score (nSPS) is 10.3.